The molecule has 0 saturated carbocycles. The molecule has 0 radical (unpaired) electrons. The van der Waals surface area contributed by atoms with Crippen LogP contribution in [0.25, 0.3) is 0 Å². The van der Waals surface area contributed by atoms with E-state index in [4.69, 9.17) is 14.2 Å². The number of nitrogens with one attached hydrogen (secondary N) is 1. The van der Waals surface area contributed by atoms with Gasteiger partial charge in [0.2, 0.25) is 0 Å². The van der Waals surface area contributed by atoms with Crippen LogP contribution in [0.1, 0.15) is 21.5 Å². The van der Waals surface area contributed by atoms with Crippen LogP contribution in [0, 0.1) is 6.92 Å². The Morgan fingerprint density at radius 1 is 1.13 bits per heavy atom. The van der Waals surface area contributed by atoms with E-state index < -0.39 is 0 Å². The molecular weight excluding hydrogens is 294 g/mol. The van der Waals surface area contributed by atoms with E-state index in [0.29, 0.717) is 23.7 Å². The Balaban J connectivity index is 1.86. The predicted molar refractivity (Wildman–Crippen MR) is 87.9 cm³/mol. The van der Waals surface area contributed by atoms with E-state index in [1.54, 1.807) is 26.4 Å². The molecule has 1 aliphatic rings. The van der Waals surface area contributed by atoms with Gasteiger partial charge in [0.05, 0.1) is 20.8 Å². The number of benzene rings is 2. The Morgan fingerprint density at radius 2 is 1.83 bits per heavy atom. The quantitative estimate of drug-likeness (QED) is 0.942. The minimum absolute atomic E-state index is 0.208. The first-order valence-corrected chi connectivity index (χ1v) is 7.42. The van der Waals surface area contributed by atoms with Crippen LogP contribution in [0.2, 0.25) is 0 Å². The van der Waals surface area contributed by atoms with E-state index in [9.17, 15) is 4.79 Å². The maximum Gasteiger partial charge on any atom is 0.255 e. The van der Waals surface area contributed by atoms with Crippen LogP contribution in [-0.4, -0.2) is 26.7 Å². The normalized spacial score (nSPS) is 12.3. The molecule has 0 fully saturated rings. The molecule has 1 aliphatic heterocycles. The average molecular weight is 313 g/mol. The van der Waals surface area contributed by atoms with E-state index in [-0.39, 0.29) is 5.91 Å². The lowest BCUT2D eigenvalue weighted by molar-refractivity contribution is 0.102. The summed E-state index contributed by atoms with van der Waals surface area (Å²) < 4.78 is 16.1. The van der Waals surface area contributed by atoms with Crippen molar-refractivity contribution in [2.45, 2.75) is 13.3 Å². The number of carbonyl (C=O) groups is 1. The van der Waals surface area contributed by atoms with Crippen LogP contribution in [-0.2, 0) is 6.42 Å². The van der Waals surface area contributed by atoms with Crippen molar-refractivity contribution in [3.63, 3.8) is 0 Å². The molecule has 0 aliphatic carbocycles. The lowest BCUT2D eigenvalue weighted by Crippen LogP contribution is -2.12. The molecule has 0 bridgehead atoms. The maximum atomic E-state index is 12.5. The summed E-state index contributed by atoms with van der Waals surface area (Å²) >= 11 is 0. The Kier molecular flexibility index (Phi) is 4.10. The van der Waals surface area contributed by atoms with Crippen molar-refractivity contribution < 1.29 is 19.0 Å². The molecule has 0 aromatic heterocycles. The van der Waals surface area contributed by atoms with E-state index in [0.717, 1.165) is 29.0 Å². The molecule has 2 aromatic rings. The molecule has 0 unspecified atom stereocenters. The molecule has 0 saturated heterocycles. The summed E-state index contributed by atoms with van der Waals surface area (Å²) in [6, 6.07) is 9.09. The molecule has 5 heteroatoms. The molecule has 5 nitrogen and oxygen atoms in total. The number of ether oxygens (including phenoxy) is 3. The third-order valence-corrected chi connectivity index (χ3v) is 3.96. The topological polar surface area (TPSA) is 56.8 Å². The molecule has 23 heavy (non-hydrogen) atoms. The fraction of sp³-hybridized carbons (Fsp3) is 0.278. The van der Waals surface area contributed by atoms with Gasteiger partial charge in [-0.1, -0.05) is 0 Å². The highest BCUT2D eigenvalue weighted by molar-refractivity contribution is 6.05. The second kappa shape index (κ2) is 6.20. The van der Waals surface area contributed by atoms with E-state index in [2.05, 4.69) is 5.32 Å². The zero-order valence-corrected chi connectivity index (χ0v) is 13.4. The number of anilines is 1. The predicted octanol–water partition coefficient (Wildman–Crippen LogP) is 3.20. The summed E-state index contributed by atoms with van der Waals surface area (Å²) in [6.07, 6.45) is 0.866. The number of carbonyl (C=O) groups excluding carboxylic acids is 1. The molecule has 0 spiro atoms. The largest absolute Gasteiger partial charge is 0.496 e. The van der Waals surface area contributed by atoms with E-state index in [1.165, 1.54) is 0 Å². The third-order valence-electron chi connectivity index (χ3n) is 3.96. The van der Waals surface area contributed by atoms with Crippen LogP contribution >= 0.6 is 0 Å². The lowest BCUT2D eigenvalue weighted by atomic mass is 10.1. The van der Waals surface area contributed by atoms with Gasteiger partial charge in [-0.05, 0) is 42.8 Å². The van der Waals surface area contributed by atoms with E-state index in [1.807, 2.05) is 25.1 Å². The van der Waals surface area contributed by atoms with Gasteiger partial charge >= 0.3 is 0 Å². The number of methoxy groups -OCH3 is 2. The Labute approximate surface area is 135 Å². The highest BCUT2D eigenvalue weighted by Gasteiger charge is 2.16. The van der Waals surface area contributed by atoms with Crippen LogP contribution in [0.3, 0.4) is 0 Å². The molecular formula is C18H19NO4. The van der Waals surface area contributed by atoms with Crippen molar-refractivity contribution in [2.75, 3.05) is 26.1 Å². The smallest absolute Gasteiger partial charge is 0.255 e. The summed E-state index contributed by atoms with van der Waals surface area (Å²) in [4.78, 5) is 12.5. The highest BCUT2D eigenvalue weighted by atomic mass is 16.5. The Hall–Kier alpha value is -2.69. The monoisotopic (exact) mass is 313 g/mol. The van der Waals surface area contributed by atoms with Gasteiger partial charge in [-0.25, -0.2) is 0 Å². The molecule has 1 N–H and O–H groups in total. The fourth-order valence-electron chi connectivity index (χ4n) is 2.68. The second-order valence-corrected chi connectivity index (χ2v) is 5.38. The number of fused-ring (bicyclic) bond motifs is 1. The van der Waals surface area contributed by atoms with Crippen molar-refractivity contribution in [3.05, 3.63) is 47.0 Å². The third kappa shape index (κ3) is 2.95. The van der Waals surface area contributed by atoms with Crippen LogP contribution in [0.4, 0.5) is 5.69 Å². The Bertz CT molecular complexity index is 730. The fourth-order valence-corrected chi connectivity index (χ4v) is 2.68. The summed E-state index contributed by atoms with van der Waals surface area (Å²) in [5.41, 5.74) is 3.21. The number of hydrogen-bond donors (Lipinski definition) is 1. The first-order chi connectivity index (χ1) is 11.1. The molecule has 1 amide bonds. The molecule has 1 heterocycles. The number of rotatable bonds is 4. The maximum absolute atomic E-state index is 12.5. The standard InChI is InChI=1S/C18H19NO4/c1-11-16(21-2)9-13(10-17(11)22-3)18(20)19-14-4-5-15-12(8-14)6-7-23-15/h4-5,8-10H,6-7H2,1-3H3,(H,19,20). The van der Waals surface area contributed by atoms with Crippen LogP contribution in [0.15, 0.2) is 30.3 Å². The van der Waals surface area contributed by atoms with Gasteiger partial charge in [0.15, 0.2) is 0 Å². The molecule has 0 atom stereocenters. The van der Waals surface area contributed by atoms with E-state index >= 15 is 0 Å². The lowest BCUT2D eigenvalue weighted by Gasteiger charge is -2.13. The molecule has 3 rings (SSSR count). The summed E-state index contributed by atoms with van der Waals surface area (Å²) in [5, 5.41) is 2.90. The van der Waals surface area contributed by atoms with Gasteiger partial charge in [-0.2, -0.15) is 0 Å². The van der Waals surface area contributed by atoms with Gasteiger partial charge in [0.1, 0.15) is 17.2 Å². The average Bonchev–Trinajstić information content (AvgIpc) is 3.02. The van der Waals surface area contributed by atoms with Crippen molar-refractivity contribution in [2.24, 2.45) is 0 Å². The number of amides is 1. The van der Waals surface area contributed by atoms with Gasteiger partial charge in [-0.3, -0.25) is 4.79 Å². The van der Waals surface area contributed by atoms with Gasteiger partial charge in [-0.15, -0.1) is 0 Å². The zero-order valence-electron chi connectivity index (χ0n) is 13.4. The van der Waals surface area contributed by atoms with Crippen molar-refractivity contribution in [1.29, 1.82) is 0 Å². The molecule has 2 aromatic carbocycles. The van der Waals surface area contributed by atoms with Crippen molar-refractivity contribution in [3.8, 4) is 17.2 Å². The SMILES string of the molecule is COc1cc(C(=O)Nc2ccc3c(c2)CCO3)cc(OC)c1C. The van der Waals surface area contributed by atoms with Crippen LogP contribution in [0.5, 0.6) is 17.2 Å². The summed E-state index contributed by atoms with van der Waals surface area (Å²) in [6.45, 7) is 2.58. The highest BCUT2D eigenvalue weighted by Crippen LogP contribution is 2.31. The van der Waals surface area contributed by atoms with Gasteiger partial charge in [0, 0.05) is 23.2 Å². The van der Waals surface area contributed by atoms with Gasteiger partial charge < -0.3 is 19.5 Å². The molecule has 120 valence electrons. The van der Waals surface area contributed by atoms with Crippen LogP contribution < -0.4 is 19.5 Å². The zero-order chi connectivity index (χ0) is 16.4. The summed E-state index contributed by atoms with van der Waals surface area (Å²) in [5.74, 6) is 1.93. The van der Waals surface area contributed by atoms with Gasteiger partial charge in [0.25, 0.3) is 5.91 Å². The minimum Gasteiger partial charge on any atom is -0.496 e. The van der Waals surface area contributed by atoms with Crippen molar-refractivity contribution in [1.82, 2.24) is 0 Å². The summed E-state index contributed by atoms with van der Waals surface area (Å²) in [7, 11) is 3.15. The Morgan fingerprint density at radius 3 is 2.48 bits per heavy atom. The minimum atomic E-state index is -0.208. The number of hydrogen-bond acceptors (Lipinski definition) is 4. The first-order valence-electron chi connectivity index (χ1n) is 7.42. The van der Waals surface area contributed by atoms with Crippen molar-refractivity contribution >= 4 is 11.6 Å². The second-order valence-electron chi connectivity index (χ2n) is 5.38. The first kappa shape index (κ1) is 15.2.